The summed E-state index contributed by atoms with van der Waals surface area (Å²) in [6.45, 7) is 0. The van der Waals surface area contributed by atoms with Crippen LogP contribution in [-0.2, 0) is 4.79 Å². The molecule has 1 aromatic rings. The van der Waals surface area contributed by atoms with Gasteiger partial charge in [-0.2, -0.15) is 0 Å². The molecule has 0 bridgehead atoms. The van der Waals surface area contributed by atoms with E-state index in [2.05, 4.69) is 0 Å². The summed E-state index contributed by atoms with van der Waals surface area (Å²) in [6.07, 6.45) is 1.96. The normalized spacial score (nSPS) is 23.3. The summed E-state index contributed by atoms with van der Waals surface area (Å²) in [6, 6.07) is 5.74. The van der Waals surface area contributed by atoms with Crippen molar-refractivity contribution >= 4 is 6.29 Å². The summed E-state index contributed by atoms with van der Waals surface area (Å²) in [7, 11) is 3.26. The zero-order valence-electron chi connectivity index (χ0n) is 8.90. The molecule has 15 heavy (non-hydrogen) atoms. The molecule has 3 nitrogen and oxygen atoms in total. The Hall–Kier alpha value is -1.51. The second-order valence-corrected chi connectivity index (χ2v) is 3.75. The van der Waals surface area contributed by atoms with Gasteiger partial charge in [-0.15, -0.1) is 0 Å². The largest absolute Gasteiger partial charge is 0.497 e. The molecular weight excluding hydrogens is 192 g/mol. The number of ether oxygens (including phenoxy) is 2. The Morgan fingerprint density at radius 3 is 2.67 bits per heavy atom. The highest BCUT2D eigenvalue weighted by atomic mass is 16.5. The van der Waals surface area contributed by atoms with E-state index in [1.807, 2.05) is 18.2 Å². The predicted octanol–water partition coefficient (Wildman–Crippen LogP) is 2.01. The Balaban J connectivity index is 2.27. The lowest BCUT2D eigenvalue weighted by molar-refractivity contribution is -0.108. The second kappa shape index (κ2) is 3.93. The van der Waals surface area contributed by atoms with Gasteiger partial charge in [0, 0.05) is 12.0 Å². The van der Waals surface area contributed by atoms with Crippen LogP contribution in [0.25, 0.3) is 0 Å². The standard InChI is InChI=1S/C12H14O3/c1-14-9-3-4-10(12(6-9)15-2)11-5-8(11)7-13/h3-4,6-8,11H,5H2,1-2H3/t8-,11+/m1/s1. The first-order chi connectivity index (χ1) is 7.30. The van der Waals surface area contributed by atoms with E-state index in [9.17, 15) is 4.79 Å². The summed E-state index contributed by atoms with van der Waals surface area (Å²) >= 11 is 0. The van der Waals surface area contributed by atoms with E-state index in [0.717, 1.165) is 29.8 Å². The van der Waals surface area contributed by atoms with Crippen LogP contribution in [0, 0.1) is 5.92 Å². The van der Waals surface area contributed by atoms with E-state index in [4.69, 9.17) is 9.47 Å². The molecule has 0 heterocycles. The van der Waals surface area contributed by atoms with Crippen LogP contribution in [-0.4, -0.2) is 20.5 Å². The van der Waals surface area contributed by atoms with Crippen molar-refractivity contribution in [2.45, 2.75) is 12.3 Å². The highest BCUT2D eigenvalue weighted by Gasteiger charge is 2.39. The predicted molar refractivity (Wildman–Crippen MR) is 56.5 cm³/mol. The summed E-state index contributed by atoms with van der Waals surface area (Å²) in [5.41, 5.74) is 1.11. The smallest absolute Gasteiger partial charge is 0.126 e. The third kappa shape index (κ3) is 1.82. The van der Waals surface area contributed by atoms with Gasteiger partial charge in [0.05, 0.1) is 14.2 Å². The minimum atomic E-state index is 0.173. The van der Waals surface area contributed by atoms with E-state index in [1.165, 1.54) is 0 Å². The topological polar surface area (TPSA) is 35.5 Å². The summed E-state index contributed by atoms with van der Waals surface area (Å²) in [5.74, 6) is 2.10. The number of methoxy groups -OCH3 is 2. The fourth-order valence-corrected chi connectivity index (χ4v) is 1.85. The maximum atomic E-state index is 10.6. The molecule has 0 radical (unpaired) electrons. The highest BCUT2D eigenvalue weighted by molar-refractivity contribution is 5.63. The van der Waals surface area contributed by atoms with E-state index in [-0.39, 0.29) is 5.92 Å². The van der Waals surface area contributed by atoms with Crippen LogP contribution in [0.2, 0.25) is 0 Å². The molecule has 2 atom stereocenters. The van der Waals surface area contributed by atoms with Crippen LogP contribution in [0.15, 0.2) is 18.2 Å². The quantitative estimate of drug-likeness (QED) is 0.707. The third-order valence-electron chi connectivity index (χ3n) is 2.85. The number of benzene rings is 1. The molecule has 3 heteroatoms. The first kappa shape index (κ1) is 10.0. The van der Waals surface area contributed by atoms with Crippen LogP contribution >= 0.6 is 0 Å². The van der Waals surface area contributed by atoms with E-state index in [1.54, 1.807) is 14.2 Å². The first-order valence-electron chi connectivity index (χ1n) is 4.97. The molecule has 2 rings (SSSR count). The van der Waals surface area contributed by atoms with Crippen LogP contribution in [0.3, 0.4) is 0 Å². The van der Waals surface area contributed by atoms with Gasteiger partial charge in [0.15, 0.2) is 0 Å². The van der Waals surface area contributed by atoms with Crippen molar-refractivity contribution in [1.82, 2.24) is 0 Å². The van der Waals surface area contributed by atoms with E-state index < -0.39 is 0 Å². The minimum Gasteiger partial charge on any atom is -0.497 e. The van der Waals surface area contributed by atoms with Crippen LogP contribution in [0.4, 0.5) is 0 Å². The molecule has 80 valence electrons. The Morgan fingerprint density at radius 1 is 1.33 bits per heavy atom. The van der Waals surface area contributed by atoms with Gasteiger partial charge in [0.1, 0.15) is 17.8 Å². The Bertz CT molecular complexity index is 373. The van der Waals surface area contributed by atoms with Gasteiger partial charge in [-0.25, -0.2) is 0 Å². The molecule has 0 N–H and O–H groups in total. The molecular formula is C12H14O3. The van der Waals surface area contributed by atoms with Crippen molar-refractivity contribution in [2.75, 3.05) is 14.2 Å². The Morgan fingerprint density at radius 2 is 2.13 bits per heavy atom. The third-order valence-corrected chi connectivity index (χ3v) is 2.85. The molecule has 1 aliphatic rings. The number of aldehydes is 1. The van der Waals surface area contributed by atoms with Crippen molar-refractivity contribution in [3.05, 3.63) is 23.8 Å². The number of rotatable bonds is 4. The first-order valence-corrected chi connectivity index (χ1v) is 4.97. The van der Waals surface area contributed by atoms with Gasteiger partial charge in [-0.3, -0.25) is 0 Å². The maximum absolute atomic E-state index is 10.6. The lowest BCUT2D eigenvalue weighted by Gasteiger charge is -2.09. The van der Waals surface area contributed by atoms with Gasteiger partial charge in [-0.1, -0.05) is 6.07 Å². The molecule has 1 aromatic carbocycles. The van der Waals surface area contributed by atoms with E-state index >= 15 is 0 Å². The Labute approximate surface area is 89.0 Å². The molecule has 0 saturated heterocycles. The lowest BCUT2D eigenvalue weighted by atomic mass is 10.1. The van der Waals surface area contributed by atoms with Gasteiger partial charge in [0.2, 0.25) is 0 Å². The molecule has 0 aromatic heterocycles. The van der Waals surface area contributed by atoms with Crippen LogP contribution in [0.1, 0.15) is 17.9 Å². The van der Waals surface area contributed by atoms with Crippen molar-refractivity contribution in [2.24, 2.45) is 5.92 Å². The van der Waals surface area contributed by atoms with Crippen molar-refractivity contribution in [3.63, 3.8) is 0 Å². The van der Waals surface area contributed by atoms with Crippen molar-refractivity contribution < 1.29 is 14.3 Å². The van der Waals surface area contributed by atoms with Gasteiger partial charge >= 0.3 is 0 Å². The number of hydrogen-bond acceptors (Lipinski definition) is 3. The van der Waals surface area contributed by atoms with Crippen molar-refractivity contribution in [1.29, 1.82) is 0 Å². The number of hydrogen-bond donors (Lipinski definition) is 0. The minimum absolute atomic E-state index is 0.173. The van der Waals surface area contributed by atoms with Crippen LogP contribution in [0.5, 0.6) is 11.5 Å². The molecule has 0 unspecified atom stereocenters. The average Bonchev–Trinajstić information content (AvgIpc) is 3.07. The molecule has 0 amide bonds. The van der Waals surface area contributed by atoms with E-state index in [0.29, 0.717) is 5.92 Å². The van der Waals surface area contributed by atoms with Crippen molar-refractivity contribution in [3.8, 4) is 11.5 Å². The fraction of sp³-hybridized carbons (Fsp3) is 0.417. The molecule has 1 saturated carbocycles. The summed E-state index contributed by atoms with van der Waals surface area (Å²) in [4.78, 5) is 10.6. The van der Waals surface area contributed by atoms with Crippen LogP contribution < -0.4 is 9.47 Å². The molecule has 0 spiro atoms. The molecule has 1 aliphatic carbocycles. The van der Waals surface area contributed by atoms with Gasteiger partial charge in [-0.05, 0) is 24.0 Å². The average molecular weight is 206 g/mol. The lowest BCUT2D eigenvalue weighted by Crippen LogP contribution is -1.93. The zero-order valence-corrected chi connectivity index (χ0v) is 8.90. The molecule has 0 aliphatic heterocycles. The SMILES string of the molecule is COc1ccc([C@H]2C[C@@H]2C=O)c(OC)c1. The number of carbonyl (C=O) groups excluding carboxylic acids is 1. The summed E-state index contributed by atoms with van der Waals surface area (Å²) < 4.78 is 10.4. The van der Waals surface area contributed by atoms with Gasteiger partial charge < -0.3 is 14.3 Å². The maximum Gasteiger partial charge on any atom is 0.126 e. The fourth-order valence-electron chi connectivity index (χ4n) is 1.85. The second-order valence-electron chi connectivity index (χ2n) is 3.75. The van der Waals surface area contributed by atoms with Gasteiger partial charge in [0.25, 0.3) is 0 Å². The highest BCUT2D eigenvalue weighted by Crippen LogP contribution is 2.49. The Kier molecular flexibility index (Phi) is 2.62. The molecule has 1 fully saturated rings. The summed E-state index contributed by atoms with van der Waals surface area (Å²) in [5, 5.41) is 0. The number of carbonyl (C=O) groups is 1. The zero-order chi connectivity index (χ0) is 10.8. The monoisotopic (exact) mass is 206 g/mol.